The first-order valence-corrected chi connectivity index (χ1v) is 14.2. The van der Waals surface area contributed by atoms with Gasteiger partial charge in [-0.2, -0.15) is 0 Å². The number of hydrogen-bond donors (Lipinski definition) is 2. The minimum Gasteiger partial charge on any atom is -0.652 e. The van der Waals surface area contributed by atoms with Gasteiger partial charge in [-0.05, 0) is 65.5 Å². The number of fused-ring (bicyclic) bond motifs is 2. The van der Waals surface area contributed by atoms with E-state index in [2.05, 4.69) is 19.9 Å². The number of nitrogen functional groups attached to an aromatic ring is 2. The van der Waals surface area contributed by atoms with Crippen molar-refractivity contribution >= 4 is 74.4 Å². The second-order valence-corrected chi connectivity index (χ2v) is 10.7. The van der Waals surface area contributed by atoms with Gasteiger partial charge in [-0.3, -0.25) is 20.2 Å². The van der Waals surface area contributed by atoms with Crippen LogP contribution in [0.25, 0.3) is 44.1 Å². The molecule has 6 rings (SSSR count). The summed E-state index contributed by atoms with van der Waals surface area (Å²) in [5.41, 5.74) is 16.9. The van der Waals surface area contributed by atoms with Gasteiger partial charge >= 0.3 is 59.1 Å². The molecule has 0 spiro atoms. The summed E-state index contributed by atoms with van der Waals surface area (Å²) in [5.74, 6) is 0.358. The van der Waals surface area contributed by atoms with Crippen molar-refractivity contribution in [2.45, 2.75) is 13.8 Å². The Kier molecular flexibility index (Phi) is 15.3. The van der Waals surface area contributed by atoms with E-state index in [9.17, 15) is 20.2 Å². The van der Waals surface area contributed by atoms with Crippen LogP contribution in [-0.2, 0) is 0 Å². The fourth-order valence-electron chi connectivity index (χ4n) is 4.71. The third-order valence-electron chi connectivity index (χ3n) is 6.95. The van der Waals surface area contributed by atoms with Crippen molar-refractivity contribution in [3.8, 4) is 22.3 Å². The van der Waals surface area contributed by atoms with E-state index in [-0.39, 0.29) is 82.4 Å². The molecule has 0 amide bonds. The van der Waals surface area contributed by atoms with Crippen LogP contribution in [-0.4, -0.2) is 35.9 Å². The number of nitro groups is 2. The molecule has 0 radical (unpaired) electrons. The Bertz CT molecular complexity index is 2090. The summed E-state index contributed by atoms with van der Waals surface area (Å²) in [6, 6.07) is 16.7. The Hall–Kier alpha value is -4.19. The molecule has 0 saturated carbocycles. The molecule has 19 heteroatoms. The maximum Gasteiger partial charge on any atom is 1.00 e. The number of nitrogens with zero attached hydrogens (tertiary/aromatic N) is 6. The molecule has 15 nitrogen and oxygen atoms in total. The first kappa shape index (κ1) is 42.0. The van der Waals surface area contributed by atoms with Crippen molar-refractivity contribution in [3.63, 3.8) is 0 Å². The van der Waals surface area contributed by atoms with Crippen molar-refractivity contribution in [1.29, 1.82) is 0 Å². The number of aromatic nitrogens is 4. The number of non-ortho nitro benzene ring substituents is 2. The van der Waals surface area contributed by atoms with E-state index < -0.39 is 16.0 Å². The molecular weight excluding hydrogens is 713 g/mol. The Balaban J connectivity index is 0.000000303. The molecule has 6 aromatic rings. The van der Waals surface area contributed by atoms with Crippen LogP contribution < -0.4 is 80.8 Å². The van der Waals surface area contributed by atoms with Gasteiger partial charge in [0.15, 0.2) is 0 Å². The second kappa shape index (κ2) is 18.2. The average Bonchev–Trinajstić information content (AvgIpc) is 3.02. The molecule has 4 N–H and O–H groups in total. The average molecular weight is 735 g/mol. The third-order valence-corrected chi connectivity index (χ3v) is 7.73. The molecule has 0 atom stereocenters. The maximum absolute atomic E-state index is 11.1. The van der Waals surface area contributed by atoms with E-state index in [1.807, 2.05) is 50.2 Å². The first-order chi connectivity index (χ1) is 22.7. The number of nitrogens with two attached hydrogens (primary N) is 2. The fraction of sp³-hybridized carbons (Fsp3) is 0.0645. The van der Waals surface area contributed by atoms with E-state index in [1.54, 1.807) is 12.4 Å². The predicted octanol–water partition coefficient (Wildman–Crippen LogP) is -0.941. The molecule has 2 aromatic heterocycles. The smallest absolute Gasteiger partial charge is 0.652 e. The predicted molar refractivity (Wildman–Crippen MR) is 177 cm³/mol. The molecule has 50 heavy (non-hydrogen) atoms. The molecule has 0 bridgehead atoms. The Labute approximate surface area is 337 Å². The van der Waals surface area contributed by atoms with E-state index in [1.165, 1.54) is 24.3 Å². The largest absolute Gasteiger partial charge is 1.00 e. The van der Waals surface area contributed by atoms with Gasteiger partial charge in [0.1, 0.15) is 0 Å². The summed E-state index contributed by atoms with van der Waals surface area (Å²) in [5, 5.41) is 41.0. The number of hydrogen-bond acceptors (Lipinski definition) is 13. The van der Waals surface area contributed by atoms with E-state index in [4.69, 9.17) is 49.7 Å². The SMILES string of the molecule is Cc1c(Cl)cc([N+](=O)[O-])cc1-c1cccc2nc(N)ncc12.Cc1c(Cl)cc([N+](=O)[O-])cc1-c1cccc2nc(N)ncc12.O=C([O-])[O-].[Na+].[Na+]. The number of anilines is 2. The molecule has 0 unspecified atom stereocenters. The van der Waals surface area contributed by atoms with Gasteiger partial charge < -0.3 is 26.5 Å². The molecule has 244 valence electrons. The number of carbonyl (C=O) groups is 1. The third kappa shape index (κ3) is 9.95. The van der Waals surface area contributed by atoms with Crippen LogP contribution in [0.2, 0.25) is 10.0 Å². The van der Waals surface area contributed by atoms with Gasteiger partial charge in [0.2, 0.25) is 11.9 Å². The summed E-state index contributed by atoms with van der Waals surface area (Å²) in [7, 11) is 0. The van der Waals surface area contributed by atoms with Crippen LogP contribution in [0.1, 0.15) is 11.1 Å². The van der Waals surface area contributed by atoms with Crippen molar-refractivity contribution in [1.82, 2.24) is 19.9 Å². The van der Waals surface area contributed by atoms with Gasteiger partial charge in [-0.15, -0.1) is 0 Å². The van der Waals surface area contributed by atoms with Crippen molar-refractivity contribution in [2.75, 3.05) is 11.5 Å². The maximum atomic E-state index is 11.1. The second-order valence-electron chi connectivity index (χ2n) is 9.90. The quantitative estimate of drug-likeness (QED) is 0.126. The number of nitro benzene ring substituents is 2. The van der Waals surface area contributed by atoms with Crippen molar-refractivity contribution in [3.05, 3.63) is 114 Å². The Morgan fingerprint density at radius 2 is 1.00 bits per heavy atom. The van der Waals surface area contributed by atoms with Gasteiger partial charge in [-0.25, -0.2) is 19.9 Å². The van der Waals surface area contributed by atoms with Crippen LogP contribution >= 0.6 is 23.2 Å². The molecule has 0 fully saturated rings. The molecular formula is C31H22Cl2N8Na2O7. The van der Waals surface area contributed by atoms with Crippen LogP contribution in [0.15, 0.2) is 73.1 Å². The summed E-state index contributed by atoms with van der Waals surface area (Å²) >= 11 is 12.3. The van der Waals surface area contributed by atoms with Gasteiger partial charge in [0.05, 0.1) is 30.9 Å². The number of rotatable bonds is 4. The molecule has 0 aliphatic carbocycles. The zero-order valence-electron chi connectivity index (χ0n) is 26.9. The minimum absolute atomic E-state index is 0. The molecule has 2 heterocycles. The van der Waals surface area contributed by atoms with Crippen molar-refractivity contribution in [2.24, 2.45) is 0 Å². The molecule has 0 aliphatic rings. The molecule has 4 aromatic carbocycles. The number of carboxylic acid groups (broad SMARTS) is 2. The number of benzene rings is 4. The summed E-state index contributed by atoms with van der Waals surface area (Å²) in [6.45, 7) is 3.64. The van der Waals surface area contributed by atoms with Crippen LogP contribution in [0.5, 0.6) is 0 Å². The van der Waals surface area contributed by atoms with E-state index in [0.717, 1.165) is 33.0 Å². The van der Waals surface area contributed by atoms with Crippen LogP contribution in [0.4, 0.5) is 28.1 Å². The zero-order valence-corrected chi connectivity index (χ0v) is 32.4. The van der Waals surface area contributed by atoms with Crippen LogP contribution in [0.3, 0.4) is 0 Å². The van der Waals surface area contributed by atoms with Crippen LogP contribution in [0, 0.1) is 34.1 Å². The summed E-state index contributed by atoms with van der Waals surface area (Å²) in [6.07, 6.45) is 0.887. The normalized spacial score (nSPS) is 10.0. The van der Waals surface area contributed by atoms with E-state index >= 15 is 0 Å². The summed E-state index contributed by atoms with van der Waals surface area (Å²) in [4.78, 5) is 45.9. The van der Waals surface area contributed by atoms with E-state index in [0.29, 0.717) is 32.2 Å². The number of carbonyl (C=O) groups excluding carboxylic acids is 1. The van der Waals surface area contributed by atoms with Gasteiger partial charge in [0, 0.05) is 47.4 Å². The zero-order chi connectivity index (χ0) is 35.3. The topological polar surface area (TPSA) is 253 Å². The monoisotopic (exact) mass is 734 g/mol. The van der Waals surface area contributed by atoms with Crippen molar-refractivity contribution < 1.29 is 84.0 Å². The Morgan fingerprint density at radius 3 is 1.32 bits per heavy atom. The fourth-order valence-corrected chi connectivity index (χ4v) is 5.13. The van der Waals surface area contributed by atoms with Gasteiger partial charge in [0.25, 0.3) is 11.4 Å². The minimum atomic E-state index is -2.33. The first-order valence-electron chi connectivity index (χ1n) is 13.5. The molecule has 0 saturated heterocycles. The number of halogens is 2. The summed E-state index contributed by atoms with van der Waals surface area (Å²) < 4.78 is 0. The molecule has 0 aliphatic heterocycles. The standard InChI is InChI=1S/2C15H11ClN4O2.CH2O3.2Na/c2*1-8-11(5-9(20(21)22)6-13(8)16)10-3-2-4-14-12(10)7-18-15(17)19-14;2-1(3)4;;/h2*2-7H,1H3,(H2,17,18,19);(H2,2,3,4);;/q;;;2*+1/p-2. The Morgan fingerprint density at radius 1 is 0.660 bits per heavy atom. The van der Waals surface area contributed by atoms with Gasteiger partial charge in [-0.1, -0.05) is 47.5 Å².